The van der Waals surface area contributed by atoms with E-state index >= 15 is 0 Å². The van der Waals surface area contributed by atoms with Gasteiger partial charge in [0.15, 0.2) is 20.8 Å². The lowest BCUT2D eigenvalue weighted by Crippen LogP contribution is -2.09. The Morgan fingerprint density at radius 3 is 2.31 bits per heavy atom. The van der Waals surface area contributed by atoms with E-state index in [4.69, 9.17) is 4.74 Å². The summed E-state index contributed by atoms with van der Waals surface area (Å²) in [6.07, 6.45) is 0. The van der Waals surface area contributed by atoms with Crippen LogP contribution in [0.5, 0.6) is 5.75 Å². The fraction of sp³-hybridized carbons (Fsp3) is 0.167. The van der Waals surface area contributed by atoms with Crippen molar-refractivity contribution in [3.63, 3.8) is 0 Å². The van der Waals surface area contributed by atoms with Crippen molar-refractivity contribution in [3.8, 4) is 22.8 Å². The summed E-state index contributed by atoms with van der Waals surface area (Å²) in [6, 6.07) is 24.2. The maximum Gasteiger partial charge on any atom is 0.196 e. The number of rotatable bonds is 8. The quantitative estimate of drug-likeness (QED) is 0.348. The molecule has 0 spiro atoms. The van der Waals surface area contributed by atoms with E-state index < -0.39 is 9.84 Å². The molecule has 0 N–H and O–H groups in total. The molecule has 0 aliphatic carbocycles. The SMILES string of the molecule is COc1ccccc1-c1nnc(SCCS(=O)(=O)c2ccccc2)n1-c1ccc(C)cc1. The minimum atomic E-state index is -3.37. The first-order chi connectivity index (χ1) is 15.5. The van der Waals surface area contributed by atoms with Gasteiger partial charge in [0.2, 0.25) is 0 Å². The highest BCUT2D eigenvalue weighted by molar-refractivity contribution is 8.00. The number of sulfone groups is 1. The Labute approximate surface area is 192 Å². The van der Waals surface area contributed by atoms with E-state index in [-0.39, 0.29) is 5.75 Å². The van der Waals surface area contributed by atoms with Crippen LogP contribution in [0.3, 0.4) is 0 Å². The zero-order valence-corrected chi connectivity index (χ0v) is 19.4. The molecule has 0 aliphatic heterocycles. The topological polar surface area (TPSA) is 74.1 Å². The number of hydrogen-bond donors (Lipinski definition) is 0. The molecule has 4 aromatic rings. The van der Waals surface area contributed by atoms with Crippen LogP contribution in [0.4, 0.5) is 0 Å². The summed E-state index contributed by atoms with van der Waals surface area (Å²) in [6.45, 7) is 2.03. The molecule has 0 bridgehead atoms. The van der Waals surface area contributed by atoms with Gasteiger partial charge in [-0.15, -0.1) is 10.2 Å². The Bertz CT molecular complexity index is 1300. The van der Waals surface area contributed by atoms with E-state index in [1.54, 1.807) is 37.4 Å². The number of aromatic nitrogens is 3. The Hall–Kier alpha value is -3.10. The first-order valence-electron chi connectivity index (χ1n) is 10.1. The number of aryl methyl sites for hydroxylation is 1. The van der Waals surface area contributed by atoms with Gasteiger partial charge in [-0.2, -0.15) is 0 Å². The normalized spacial score (nSPS) is 11.4. The van der Waals surface area contributed by atoms with Crippen molar-refractivity contribution in [3.05, 3.63) is 84.4 Å². The van der Waals surface area contributed by atoms with Gasteiger partial charge in [-0.05, 0) is 43.3 Å². The zero-order chi connectivity index (χ0) is 22.6. The second kappa shape index (κ2) is 9.58. The zero-order valence-electron chi connectivity index (χ0n) is 17.8. The molecule has 0 fully saturated rings. The maximum absolute atomic E-state index is 12.7. The van der Waals surface area contributed by atoms with Gasteiger partial charge in [-0.3, -0.25) is 4.57 Å². The second-order valence-corrected chi connectivity index (χ2v) is 10.3. The predicted octanol–water partition coefficient (Wildman–Crippen LogP) is 4.82. The Kier molecular flexibility index (Phi) is 6.62. The number of benzene rings is 3. The van der Waals surface area contributed by atoms with E-state index in [9.17, 15) is 8.42 Å². The van der Waals surface area contributed by atoms with E-state index in [0.717, 1.165) is 16.8 Å². The fourth-order valence-electron chi connectivity index (χ4n) is 3.28. The van der Waals surface area contributed by atoms with Gasteiger partial charge in [-0.25, -0.2) is 8.42 Å². The molecule has 1 aromatic heterocycles. The number of hydrogen-bond acceptors (Lipinski definition) is 6. The summed E-state index contributed by atoms with van der Waals surface area (Å²) < 4.78 is 32.8. The summed E-state index contributed by atoms with van der Waals surface area (Å²) in [5, 5.41) is 9.44. The second-order valence-electron chi connectivity index (χ2n) is 7.16. The van der Waals surface area contributed by atoms with Crippen LogP contribution in [0.15, 0.2) is 88.9 Å². The van der Waals surface area contributed by atoms with Crippen LogP contribution in [0, 0.1) is 6.92 Å². The van der Waals surface area contributed by atoms with Crippen molar-refractivity contribution in [2.24, 2.45) is 0 Å². The van der Waals surface area contributed by atoms with Crippen molar-refractivity contribution in [2.45, 2.75) is 17.0 Å². The first kappa shape index (κ1) is 22.1. The third kappa shape index (κ3) is 4.71. The minimum absolute atomic E-state index is 0.00638. The van der Waals surface area contributed by atoms with Crippen LogP contribution in [0.25, 0.3) is 17.1 Å². The Balaban J connectivity index is 1.67. The maximum atomic E-state index is 12.7. The fourth-order valence-corrected chi connectivity index (χ4v) is 5.90. The van der Waals surface area contributed by atoms with Crippen LogP contribution in [-0.4, -0.2) is 41.8 Å². The molecule has 0 saturated carbocycles. The minimum Gasteiger partial charge on any atom is -0.496 e. The van der Waals surface area contributed by atoms with Crippen molar-refractivity contribution >= 4 is 21.6 Å². The molecule has 0 unspecified atom stereocenters. The molecular formula is C24H23N3O3S2. The predicted molar refractivity (Wildman–Crippen MR) is 127 cm³/mol. The van der Waals surface area contributed by atoms with Crippen LogP contribution < -0.4 is 4.74 Å². The van der Waals surface area contributed by atoms with Crippen LogP contribution >= 0.6 is 11.8 Å². The lowest BCUT2D eigenvalue weighted by Gasteiger charge is -2.13. The van der Waals surface area contributed by atoms with E-state index in [1.165, 1.54) is 11.8 Å². The van der Waals surface area contributed by atoms with Gasteiger partial charge in [0, 0.05) is 11.4 Å². The van der Waals surface area contributed by atoms with Crippen LogP contribution in [0.2, 0.25) is 0 Å². The molecule has 0 amide bonds. The monoisotopic (exact) mass is 465 g/mol. The van der Waals surface area contributed by atoms with Crippen molar-refractivity contribution in [1.29, 1.82) is 0 Å². The highest BCUT2D eigenvalue weighted by atomic mass is 32.2. The van der Waals surface area contributed by atoms with Gasteiger partial charge in [0.25, 0.3) is 0 Å². The van der Waals surface area contributed by atoms with Gasteiger partial charge in [-0.1, -0.05) is 59.8 Å². The Morgan fingerprint density at radius 1 is 0.906 bits per heavy atom. The van der Waals surface area contributed by atoms with Gasteiger partial charge in [0.1, 0.15) is 5.75 Å². The van der Waals surface area contributed by atoms with Crippen molar-refractivity contribution in [1.82, 2.24) is 14.8 Å². The molecule has 164 valence electrons. The van der Waals surface area contributed by atoms with Gasteiger partial charge in [0.05, 0.1) is 23.3 Å². The molecule has 0 radical (unpaired) electrons. The summed E-state index contributed by atoms with van der Waals surface area (Å²) in [4.78, 5) is 0.329. The van der Waals surface area contributed by atoms with Crippen molar-refractivity contribution in [2.75, 3.05) is 18.6 Å². The number of nitrogens with zero attached hydrogens (tertiary/aromatic N) is 3. The van der Waals surface area contributed by atoms with Gasteiger partial charge >= 0.3 is 0 Å². The summed E-state index contributed by atoms with van der Waals surface area (Å²) >= 11 is 1.37. The molecular weight excluding hydrogens is 442 g/mol. The smallest absolute Gasteiger partial charge is 0.196 e. The lowest BCUT2D eigenvalue weighted by molar-refractivity contribution is 0.416. The van der Waals surface area contributed by atoms with E-state index in [2.05, 4.69) is 10.2 Å². The molecule has 6 nitrogen and oxygen atoms in total. The van der Waals surface area contributed by atoms with Crippen LogP contribution in [0.1, 0.15) is 5.56 Å². The highest BCUT2D eigenvalue weighted by Crippen LogP contribution is 2.33. The van der Waals surface area contributed by atoms with Crippen LogP contribution in [-0.2, 0) is 9.84 Å². The largest absolute Gasteiger partial charge is 0.496 e. The molecule has 0 aliphatic rings. The molecule has 0 atom stereocenters. The average molecular weight is 466 g/mol. The Morgan fingerprint density at radius 2 is 1.59 bits per heavy atom. The molecule has 4 rings (SSSR count). The molecule has 8 heteroatoms. The summed E-state index contributed by atoms with van der Waals surface area (Å²) in [5.41, 5.74) is 2.85. The third-order valence-corrected chi connectivity index (χ3v) is 7.88. The molecule has 1 heterocycles. The molecule has 3 aromatic carbocycles. The van der Waals surface area contributed by atoms with E-state index in [1.807, 2.05) is 60.0 Å². The van der Waals surface area contributed by atoms with Crippen molar-refractivity contribution < 1.29 is 13.2 Å². The molecule has 0 saturated heterocycles. The number of thioether (sulfide) groups is 1. The average Bonchev–Trinajstić information content (AvgIpc) is 3.23. The number of methoxy groups -OCH3 is 1. The molecule has 32 heavy (non-hydrogen) atoms. The lowest BCUT2D eigenvalue weighted by atomic mass is 10.1. The third-order valence-electron chi connectivity index (χ3n) is 4.96. The highest BCUT2D eigenvalue weighted by Gasteiger charge is 2.20. The standard InChI is InChI=1S/C24H23N3O3S2/c1-18-12-14-19(15-13-18)27-23(21-10-6-7-11-22(21)30-2)25-26-24(27)31-16-17-32(28,29)20-8-4-3-5-9-20/h3-15H,16-17H2,1-2H3. The summed E-state index contributed by atoms with van der Waals surface area (Å²) in [5.74, 6) is 1.69. The first-order valence-corrected chi connectivity index (χ1v) is 12.7. The van der Waals surface area contributed by atoms with Gasteiger partial charge < -0.3 is 4.74 Å². The number of ether oxygens (including phenoxy) is 1. The van der Waals surface area contributed by atoms with E-state index in [0.29, 0.717) is 27.4 Å². The summed E-state index contributed by atoms with van der Waals surface area (Å²) in [7, 11) is -1.75. The number of para-hydroxylation sites is 1.